The lowest BCUT2D eigenvalue weighted by atomic mass is 9.98. The predicted molar refractivity (Wildman–Crippen MR) is 76.9 cm³/mol. The number of carboxylic acids is 1. The summed E-state index contributed by atoms with van der Waals surface area (Å²) >= 11 is 0. The first-order valence-corrected chi connectivity index (χ1v) is 6.89. The first-order chi connectivity index (χ1) is 9.52. The minimum absolute atomic E-state index is 0.0620. The Morgan fingerprint density at radius 1 is 1.45 bits per heavy atom. The summed E-state index contributed by atoms with van der Waals surface area (Å²) in [5, 5.41) is 9.02. The van der Waals surface area contributed by atoms with Crippen LogP contribution in [0.4, 0.5) is 5.69 Å². The molecule has 5 heteroatoms. The maximum absolute atomic E-state index is 12.3. The Kier molecular flexibility index (Phi) is 4.39. The van der Waals surface area contributed by atoms with E-state index in [1.807, 2.05) is 6.92 Å². The Hall–Kier alpha value is -1.88. The van der Waals surface area contributed by atoms with Crippen molar-refractivity contribution in [2.24, 2.45) is 11.7 Å². The van der Waals surface area contributed by atoms with E-state index in [2.05, 4.69) is 0 Å². The van der Waals surface area contributed by atoms with Gasteiger partial charge in [0.15, 0.2) is 0 Å². The summed E-state index contributed by atoms with van der Waals surface area (Å²) in [5.74, 6) is -0.717. The van der Waals surface area contributed by atoms with Crippen molar-refractivity contribution in [1.82, 2.24) is 0 Å². The van der Waals surface area contributed by atoms with Crippen LogP contribution < -0.4 is 10.6 Å². The number of nitrogens with two attached hydrogens (primary N) is 1. The van der Waals surface area contributed by atoms with Crippen LogP contribution in [-0.4, -0.2) is 30.1 Å². The molecule has 0 spiro atoms. The number of carbonyl (C=O) groups excluding carboxylic acids is 1. The average Bonchev–Trinajstić information content (AvgIpc) is 2.45. The third-order valence-electron chi connectivity index (χ3n) is 3.67. The number of rotatable bonds is 4. The second kappa shape index (κ2) is 6.05. The maximum atomic E-state index is 12.3. The number of aromatic carboxylic acids is 1. The highest BCUT2D eigenvalue weighted by Gasteiger charge is 2.24. The zero-order chi connectivity index (χ0) is 14.7. The van der Waals surface area contributed by atoms with Crippen LogP contribution in [0, 0.1) is 5.92 Å². The second-order valence-electron chi connectivity index (χ2n) is 5.34. The van der Waals surface area contributed by atoms with Crippen molar-refractivity contribution in [1.29, 1.82) is 0 Å². The van der Waals surface area contributed by atoms with E-state index in [1.165, 1.54) is 0 Å². The van der Waals surface area contributed by atoms with Crippen LogP contribution in [0.15, 0.2) is 18.2 Å². The van der Waals surface area contributed by atoms with E-state index >= 15 is 0 Å². The first-order valence-electron chi connectivity index (χ1n) is 6.89. The fourth-order valence-electron chi connectivity index (χ4n) is 2.48. The van der Waals surface area contributed by atoms with Crippen LogP contribution in [-0.2, 0) is 11.2 Å². The van der Waals surface area contributed by atoms with E-state index in [1.54, 1.807) is 23.1 Å². The molecule has 0 saturated heterocycles. The average molecular weight is 276 g/mol. The fourth-order valence-corrected chi connectivity index (χ4v) is 2.48. The van der Waals surface area contributed by atoms with E-state index in [4.69, 9.17) is 10.8 Å². The van der Waals surface area contributed by atoms with Gasteiger partial charge in [0.05, 0.1) is 5.56 Å². The Labute approximate surface area is 118 Å². The molecule has 1 heterocycles. The monoisotopic (exact) mass is 276 g/mol. The van der Waals surface area contributed by atoms with Crippen molar-refractivity contribution in [3.8, 4) is 0 Å². The molecule has 0 radical (unpaired) electrons. The molecule has 2 rings (SSSR count). The third kappa shape index (κ3) is 2.99. The van der Waals surface area contributed by atoms with Crippen molar-refractivity contribution in [2.75, 3.05) is 18.0 Å². The van der Waals surface area contributed by atoms with Crippen LogP contribution >= 0.6 is 0 Å². The van der Waals surface area contributed by atoms with E-state index in [0.29, 0.717) is 19.5 Å². The van der Waals surface area contributed by atoms with Crippen LogP contribution in [0.5, 0.6) is 0 Å². The number of hydrogen-bond acceptors (Lipinski definition) is 3. The molecule has 0 aliphatic carbocycles. The van der Waals surface area contributed by atoms with Crippen molar-refractivity contribution >= 4 is 17.6 Å². The smallest absolute Gasteiger partial charge is 0.335 e. The molecule has 0 bridgehead atoms. The molecule has 5 nitrogen and oxygen atoms in total. The highest BCUT2D eigenvalue weighted by Crippen LogP contribution is 2.29. The van der Waals surface area contributed by atoms with Gasteiger partial charge < -0.3 is 15.7 Å². The van der Waals surface area contributed by atoms with Gasteiger partial charge in [-0.3, -0.25) is 4.79 Å². The maximum Gasteiger partial charge on any atom is 0.335 e. The zero-order valence-corrected chi connectivity index (χ0v) is 11.6. The molecule has 1 aliphatic rings. The summed E-state index contributed by atoms with van der Waals surface area (Å²) in [5.41, 5.74) is 7.61. The van der Waals surface area contributed by atoms with Gasteiger partial charge in [0, 0.05) is 18.7 Å². The van der Waals surface area contributed by atoms with Crippen molar-refractivity contribution in [2.45, 2.75) is 26.2 Å². The van der Waals surface area contributed by atoms with Gasteiger partial charge in [0.25, 0.3) is 0 Å². The van der Waals surface area contributed by atoms with Crippen molar-refractivity contribution in [3.63, 3.8) is 0 Å². The number of fused-ring (bicyclic) bond motifs is 1. The minimum atomic E-state index is -0.937. The summed E-state index contributed by atoms with van der Waals surface area (Å²) in [7, 11) is 0. The number of anilines is 1. The van der Waals surface area contributed by atoms with Crippen LogP contribution in [0.25, 0.3) is 0 Å². The van der Waals surface area contributed by atoms with Gasteiger partial charge in [-0.25, -0.2) is 4.79 Å². The summed E-state index contributed by atoms with van der Waals surface area (Å²) in [6.07, 6.45) is 2.10. The highest BCUT2D eigenvalue weighted by atomic mass is 16.4. The van der Waals surface area contributed by atoms with E-state index in [9.17, 15) is 9.59 Å². The predicted octanol–water partition coefficient (Wildman–Crippen LogP) is 1.65. The van der Waals surface area contributed by atoms with E-state index < -0.39 is 5.97 Å². The summed E-state index contributed by atoms with van der Waals surface area (Å²) < 4.78 is 0. The van der Waals surface area contributed by atoms with Gasteiger partial charge in [-0.1, -0.05) is 6.92 Å². The molecular weight excluding hydrogens is 256 g/mol. The summed E-state index contributed by atoms with van der Waals surface area (Å²) in [6.45, 7) is 3.14. The molecule has 3 N–H and O–H groups in total. The SMILES string of the molecule is CC(CN)CC(=O)N1CCCc2cc(C(=O)O)ccc21. The molecule has 0 saturated carbocycles. The van der Waals surface area contributed by atoms with Crippen LogP contribution in [0.2, 0.25) is 0 Å². The number of aryl methyl sites for hydroxylation is 1. The second-order valence-corrected chi connectivity index (χ2v) is 5.34. The lowest BCUT2D eigenvalue weighted by molar-refractivity contribution is -0.119. The molecule has 0 fully saturated rings. The zero-order valence-electron chi connectivity index (χ0n) is 11.6. The lowest BCUT2D eigenvalue weighted by Gasteiger charge is -2.30. The summed E-state index contributed by atoms with van der Waals surface area (Å²) in [6, 6.07) is 4.96. The topological polar surface area (TPSA) is 83.6 Å². The van der Waals surface area contributed by atoms with E-state index in [0.717, 1.165) is 24.1 Å². The highest BCUT2D eigenvalue weighted by molar-refractivity contribution is 5.96. The molecule has 20 heavy (non-hydrogen) atoms. The van der Waals surface area contributed by atoms with Crippen LogP contribution in [0.1, 0.15) is 35.7 Å². The molecular formula is C15H20N2O3. The van der Waals surface area contributed by atoms with Gasteiger partial charge in [-0.2, -0.15) is 0 Å². The molecule has 1 atom stereocenters. The Morgan fingerprint density at radius 3 is 2.85 bits per heavy atom. The Balaban J connectivity index is 2.24. The van der Waals surface area contributed by atoms with Gasteiger partial charge >= 0.3 is 5.97 Å². The Bertz CT molecular complexity index is 528. The largest absolute Gasteiger partial charge is 0.478 e. The quantitative estimate of drug-likeness (QED) is 0.875. The molecule has 1 amide bonds. The van der Waals surface area contributed by atoms with Gasteiger partial charge in [0.1, 0.15) is 0 Å². The molecule has 1 aromatic carbocycles. The third-order valence-corrected chi connectivity index (χ3v) is 3.67. The molecule has 1 unspecified atom stereocenters. The number of hydrogen-bond donors (Lipinski definition) is 2. The first kappa shape index (κ1) is 14.5. The van der Waals surface area contributed by atoms with Crippen molar-refractivity contribution in [3.05, 3.63) is 29.3 Å². The number of carboxylic acid groups (broad SMARTS) is 1. The molecule has 1 aliphatic heterocycles. The number of carbonyl (C=O) groups is 2. The van der Waals surface area contributed by atoms with Gasteiger partial charge in [-0.15, -0.1) is 0 Å². The summed E-state index contributed by atoms with van der Waals surface area (Å²) in [4.78, 5) is 25.1. The number of benzene rings is 1. The van der Waals surface area contributed by atoms with Crippen LogP contribution in [0.3, 0.4) is 0 Å². The molecule has 108 valence electrons. The van der Waals surface area contributed by atoms with Gasteiger partial charge in [-0.05, 0) is 49.1 Å². The standard InChI is InChI=1S/C15H20N2O3/c1-10(9-16)7-14(18)17-6-2-3-11-8-12(15(19)20)4-5-13(11)17/h4-5,8,10H,2-3,6-7,9,16H2,1H3,(H,19,20). The van der Waals surface area contributed by atoms with E-state index in [-0.39, 0.29) is 17.4 Å². The molecule has 1 aromatic rings. The molecule has 0 aromatic heterocycles. The van der Waals surface area contributed by atoms with Gasteiger partial charge in [0.2, 0.25) is 5.91 Å². The van der Waals surface area contributed by atoms with Crippen molar-refractivity contribution < 1.29 is 14.7 Å². The fraction of sp³-hybridized carbons (Fsp3) is 0.467. The number of amides is 1. The number of nitrogens with zero attached hydrogens (tertiary/aromatic N) is 1. The normalized spacial score (nSPS) is 15.6. The minimum Gasteiger partial charge on any atom is -0.478 e. The Morgan fingerprint density at radius 2 is 2.20 bits per heavy atom. The lowest BCUT2D eigenvalue weighted by Crippen LogP contribution is -2.37.